The number of thioether (sulfide) groups is 1. The van der Waals surface area contributed by atoms with Crippen LogP contribution in [0.15, 0.2) is 48.5 Å². The zero-order valence-electron chi connectivity index (χ0n) is 18.5. The molecule has 0 saturated carbocycles. The van der Waals surface area contributed by atoms with Crippen molar-refractivity contribution in [2.24, 2.45) is 5.92 Å². The number of rotatable bonds is 7. The van der Waals surface area contributed by atoms with E-state index < -0.39 is 24.0 Å². The van der Waals surface area contributed by atoms with Crippen LogP contribution in [0.3, 0.4) is 0 Å². The van der Waals surface area contributed by atoms with Crippen molar-refractivity contribution in [2.45, 2.75) is 25.3 Å². The van der Waals surface area contributed by atoms with E-state index in [2.05, 4.69) is 29.6 Å². The molecule has 0 spiro atoms. The molecule has 0 bridgehead atoms. The molecule has 0 aromatic heterocycles. The maximum atomic E-state index is 13.0. The Balaban J connectivity index is 1.35. The molecule has 4 rings (SSSR count). The van der Waals surface area contributed by atoms with Gasteiger partial charge in [0, 0.05) is 30.5 Å². The van der Waals surface area contributed by atoms with Gasteiger partial charge in [-0.2, -0.15) is 11.8 Å². The quantitative estimate of drug-likeness (QED) is 0.645. The van der Waals surface area contributed by atoms with Gasteiger partial charge in [0.15, 0.2) is 0 Å². The highest BCUT2D eigenvalue weighted by atomic mass is 32.2. The van der Waals surface area contributed by atoms with Crippen LogP contribution in [0.1, 0.15) is 30.4 Å². The molecule has 1 aliphatic heterocycles. The molecule has 2 amide bonds. The van der Waals surface area contributed by atoms with E-state index in [1.807, 2.05) is 31.2 Å². The monoisotopic (exact) mass is 468 g/mol. The maximum absolute atomic E-state index is 13.0. The maximum Gasteiger partial charge on any atom is 0.407 e. The van der Waals surface area contributed by atoms with Crippen molar-refractivity contribution in [3.05, 3.63) is 59.7 Å². The first-order valence-corrected chi connectivity index (χ1v) is 12.4. The van der Waals surface area contributed by atoms with E-state index >= 15 is 0 Å². The molecule has 1 fully saturated rings. The van der Waals surface area contributed by atoms with E-state index in [4.69, 9.17) is 4.74 Å². The van der Waals surface area contributed by atoms with Gasteiger partial charge in [0.05, 0.1) is 5.92 Å². The van der Waals surface area contributed by atoms with Gasteiger partial charge < -0.3 is 20.1 Å². The Morgan fingerprint density at radius 2 is 1.76 bits per heavy atom. The topological polar surface area (TPSA) is 95.9 Å². The number of alkyl carbamates (subject to hydrolysis) is 1. The van der Waals surface area contributed by atoms with E-state index in [9.17, 15) is 19.5 Å². The summed E-state index contributed by atoms with van der Waals surface area (Å²) in [5, 5.41) is 12.2. The lowest BCUT2D eigenvalue weighted by Gasteiger charge is -2.35. The first-order valence-electron chi connectivity index (χ1n) is 11.2. The summed E-state index contributed by atoms with van der Waals surface area (Å²) < 4.78 is 5.55. The number of carboxylic acids is 1. The molecule has 2 aromatic rings. The third-order valence-electron chi connectivity index (χ3n) is 6.38. The Kier molecular flexibility index (Phi) is 7.23. The minimum atomic E-state index is -0.991. The van der Waals surface area contributed by atoms with Crippen LogP contribution in [-0.4, -0.2) is 65.2 Å². The molecule has 1 aliphatic carbocycles. The summed E-state index contributed by atoms with van der Waals surface area (Å²) in [6.45, 7) is 2.58. The third-order valence-corrected chi connectivity index (χ3v) is 7.40. The fourth-order valence-electron chi connectivity index (χ4n) is 4.57. The number of carbonyl (C=O) groups is 3. The summed E-state index contributed by atoms with van der Waals surface area (Å²) in [7, 11) is 0. The zero-order valence-corrected chi connectivity index (χ0v) is 19.3. The second kappa shape index (κ2) is 10.3. The van der Waals surface area contributed by atoms with Gasteiger partial charge in [-0.1, -0.05) is 55.5 Å². The molecule has 7 nitrogen and oxygen atoms in total. The van der Waals surface area contributed by atoms with Gasteiger partial charge in [-0.05, 0) is 28.7 Å². The van der Waals surface area contributed by atoms with Gasteiger partial charge in [-0.15, -0.1) is 0 Å². The summed E-state index contributed by atoms with van der Waals surface area (Å²) in [5.41, 5.74) is 4.59. The second-order valence-corrected chi connectivity index (χ2v) is 9.42. The molecule has 1 saturated heterocycles. The Morgan fingerprint density at radius 1 is 1.12 bits per heavy atom. The summed E-state index contributed by atoms with van der Waals surface area (Å²) in [6.07, 6.45) is -0.0783. The second-order valence-electron chi connectivity index (χ2n) is 8.27. The summed E-state index contributed by atoms with van der Waals surface area (Å²) in [4.78, 5) is 38.4. The Labute approximate surface area is 197 Å². The first kappa shape index (κ1) is 23.2. The van der Waals surface area contributed by atoms with Crippen molar-refractivity contribution in [2.75, 3.05) is 31.2 Å². The van der Waals surface area contributed by atoms with Crippen molar-refractivity contribution in [3.8, 4) is 11.1 Å². The van der Waals surface area contributed by atoms with Crippen molar-refractivity contribution in [3.63, 3.8) is 0 Å². The van der Waals surface area contributed by atoms with E-state index in [1.165, 1.54) is 16.7 Å². The van der Waals surface area contributed by atoms with Gasteiger partial charge in [0.25, 0.3) is 0 Å². The van der Waals surface area contributed by atoms with Crippen molar-refractivity contribution >= 4 is 29.7 Å². The Morgan fingerprint density at radius 3 is 2.36 bits per heavy atom. The fraction of sp³-hybridized carbons (Fsp3) is 0.400. The molecule has 2 unspecified atom stereocenters. The Bertz CT molecular complexity index is 997. The molecular weight excluding hydrogens is 440 g/mol. The molecule has 1 heterocycles. The lowest BCUT2D eigenvalue weighted by molar-refractivity contribution is -0.151. The van der Waals surface area contributed by atoms with E-state index in [0.717, 1.165) is 22.3 Å². The summed E-state index contributed by atoms with van der Waals surface area (Å²) >= 11 is 1.53. The number of ether oxygens (including phenoxy) is 1. The number of amides is 2. The van der Waals surface area contributed by atoms with Crippen molar-refractivity contribution in [1.29, 1.82) is 0 Å². The molecular formula is C25H28N2O5S. The highest BCUT2D eigenvalue weighted by Gasteiger charge is 2.35. The molecule has 2 atom stereocenters. The van der Waals surface area contributed by atoms with Crippen LogP contribution < -0.4 is 5.32 Å². The molecule has 2 N–H and O–H groups in total. The number of carboxylic acid groups (broad SMARTS) is 1. The molecule has 2 aromatic carbocycles. The molecule has 174 valence electrons. The largest absolute Gasteiger partial charge is 0.480 e. The molecule has 8 heteroatoms. The predicted molar refractivity (Wildman–Crippen MR) is 127 cm³/mol. The van der Waals surface area contributed by atoms with Crippen LogP contribution in [0.25, 0.3) is 11.1 Å². The number of benzene rings is 2. The smallest absolute Gasteiger partial charge is 0.407 e. The molecule has 0 radical (unpaired) electrons. The number of carbonyl (C=O) groups excluding carboxylic acids is 2. The summed E-state index contributed by atoms with van der Waals surface area (Å²) in [6, 6.07) is 15.4. The van der Waals surface area contributed by atoms with Crippen molar-refractivity contribution in [1.82, 2.24) is 10.2 Å². The van der Waals surface area contributed by atoms with Crippen LogP contribution in [0, 0.1) is 5.92 Å². The molecule has 2 aliphatic rings. The highest BCUT2D eigenvalue weighted by molar-refractivity contribution is 7.99. The van der Waals surface area contributed by atoms with Gasteiger partial charge in [0.2, 0.25) is 5.91 Å². The Hall–Kier alpha value is -3.00. The van der Waals surface area contributed by atoms with Crippen LogP contribution in [-0.2, 0) is 14.3 Å². The van der Waals surface area contributed by atoms with Crippen LogP contribution in [0.2, 0.25) is 0 Å². The van der Waals surface area contributed by atoms with Gasteiger partial charge in [-0.25, -0.2) is 9.59 Å². The van der Waals surface area contributed by atoms with Crippen LogP contribution in [0.4, 0.5) is 4.79 Å². The lowest BCUT2D eigenvalue weighted by Crippen LogP contribution is -2.53. The number of aliphatic carboxylic acids is 1. The number of nitrogens with zero attached hydrogens (tertiary/aromatic N) is 1. The number of fused-ring (bicyclic) bond motifs is 3. The standard InChI is InChI=1S/C25H28N2O5S/c1-2-16(23(28)27-11-12-33-15-22(27)24(29)30)13-26-25(31)32-14-21-19-9-5-3-7-17(19)18-8-4-6-10-20(18)21/h3-10,16,21-22H,2,11-15H2,1H3,(H,26,31)(H,29,30). The summed E-state index contributed by atoms with van der Waals surface area (Å²) in [5.74, 6) is -0.647. The van der Waals surface area contributed by atoms with Crippen molar-refractivity contribution < 1.29 is 24.2 Å². The van der Waals surface area contributed by atoms with Crippen LogP contribution >= 0.6 is 11.8 Å². The van der Waals surface area contributed by atoms with Crippen LogP contribution in [0.5, 0.6) is 0 Å². The number of hydrogen-bond donors (Lipinski definition) is 2. The third kappa shape index (κ3) is 4.85. The van der Waals surface area contributed by atoms with Gasteiger partial charge in [-0.3, -0.25) is 4.79 Å². The minimum absolute atomic E-state index is 0.0334. The molecule has 33 heavy (non-hydrogen) atoms. The predicted octanol–water partition coefficient (Wildman–Crippen LogP) is 3.58. The number of nitrogens with one attached hydrogen (secondary N) is 1. The SMILES string of the molecule is CCC(CNC(=O)OCC1c2ccccc2-c2ccccc21)C(=O)N1CCSCC1C(=O)O. The average molecular weight is 469 g/mol. The van der Waals surface area contributed by atoms with E-state index in [-0.39, 0.29) is 25.0 Å². The van der Waals surface area contributed by atoms with E-state index in [1.54, 1.807) is 0 Å². The number of hydrogen-bond acceptors (Lipinski definition) is 5. The lowest BCUT2D eigenvalue weighted by atomic mass is 9.98. The average Bonchev–Trinajstić information content (AvgIpc) is 3.16. The highest BCUT2D eigenvalue weighted by Crippen LogP contribution is 2.44. The fourth-order valence-corrected chi connectivity index (χ4v) is 5.61. The minimum Gasteiger partial charge on any atom is -0.480 e. The van der Waals surface area contributed by atoms with E-state index in [0.29, 0.717) is 24.5 Å². The zero-order chi connectivity index (χ0) is 23.4. The normalized spacial score (nSPS) is 18.2. The first-order chi connectivity index (χ1) is 16.0. The van der Waals surface area contributed by atoms with Gasteiger partial charge >= 0.3 is 12.1 Å². The van der Waals surface area contributed by atoms with Gasteiger partial charge in [0.1, 0.15) is 12.6 Å².